The van der Waals surface area contributed by atoms with E-state index in [9.17, 15) is 0 Å². The second kappa shape index (κ2) is 3.12. The van der Waals surface area contributed by atoms with Gasteiger partial charge in [-0.2, -0.15) is 0 Å². The van der Waals surface area contributed by atoms with Gasteiger partial charge in [-0.1, -0.05) is 12.1 Å². The number of hydrogen-bond acceptors (Lipinski definition) is 3. The summed E-state index contributed by atoms with van der Waals surface area (Å²) in [5, 5.41) is 0. The topological polar surface area (TPSA) is 52.0 Å². The molecule has 0 amide bonds. The highest BCUT2D eigenvalue weighted by atomic mass is 16.4. The SMILES string of the molecule is Nc1ncc(-c2ccc3c(c2)CCC3)o1. The molecular weight excluding hydrogens is 188 g/mol. The number of benzene rings is 1. The molecule has 2 N–H and O–H groups in total. The molecule has 1 heterocycles. The lowest BCUT2D eigenvalue weighted by Crippen LogP contribution is -1.83. The van der Waals surface area contributed by atoms with Crippen molar-refractivity contribution >= 4 is 6.01 Å². The van der Waals surface area contributed by atoms with E-state index < -0.39 is 0 Å². The number of fused-ring (bicyclic) bond motifs is 1. The Kier molecular flexibility index (Phi) is 1.78. The van der Waals surface area contributed by atoms with Crippen LogP contribution in [0.1, 0.15) is 17.5 Å². The predicted molar refractivity (Wildman–Crippen MR) is 58.4 cm³/mol. The summed E-state index contributed by atoms with van der Waals surface area (Å²) in [5.74, 6) is 0.752. The van der Waals surface area contributed by atoms with Crippen molar-refractivity contribution in [3.8, 4) is 11.3 Å². The van der Waals surface area contributed by atoms with Crippen LogP contribution < -0.4 is 5.73 Å². The lowest BCUT2D eigenvalue weighted by Gasteiger charge is -2.01. The van der Waals surface area contributed by atoms with Gasteiger partial charge >= 0.3 is 0 Å². The second-order valence-electron chi connectivity index (χ2n) is 3.90. The van der Waals surface area contributed by atoms with E-state index in [1.807, 2.05) is 0 Å². The summed E-state index contributed by atoms with van der Waals surface area (Å²) in [4.78, 5) is 3.90. The van der Waals surface area contributed by atoms with Crippen molar-refractivity contribution in [2.45, 2.75) is 19.3 Å². The molecule has 0 radical (unpaired) electrons. The number of hydrogen-bond donors (Lipinski definition) is 1. The lowest BCUT2D eigenvalue weighted by molar-refractivity contribution is 0.595. The van der Waals surface area contributed by atoms with Gasteiger partial charge in [0.05, 0.1) is 6.20 Å². The molecule has 1 aromatic carbocycles. The van der Waals surface area contributed by atoms with Gasteiger partial charge in [-0.3, -0.25) is 0 Å². The first-order chi connectivity index (χ1) is 7.33. The molecule has 0 bridgehead atoms. The summed E-state index contributed by atoms with van der Waals surface area (Å²) in [5.41, 5.74) is 9.42. The molecule has 0 unspecified atom stereocenters. The molecule has 1 aliphatic carbocycles. The number of nitrogen functional groups attached to an aromatic ring is 1. The van der Waals surface area contributed by atoms with Crippen LogP contribution in [0.25, 0.3) is 11.3 Å². The van der Waals surface area contributed by atoms with Gasteiger partial charge in [0.25, 0.3) is 6.01 Å². The molecule has 0 aliphatic heterocycles. The minimum atomic E-state index is 0.227. The van der Waals surface area contributed by atoms with Crippen LogP contribution in [-0.4, -0.2) is 4.98 Å². The first kappa shape index (κ1) is 8.53. The zero-order valence-electron chi connectivity index (χ0n) is 8.36. The maximum absolute atomic E-state index is 5.45. The monoisotopic (exact) mass is 200 g/mol. The molecular formula is C12H12N2O. The van der Waals surface area contributed by atoms with E-state index in [0.29, 0.717) is 0 Å². The Morgan fingerprint density at radius 1 is 1.20 bits per heavy atom. The predicted octanol–water partition coefficient (Wildman–Crippen LogP) is 2.41. The maximum Gasteiger partial charge on any atom is 0.292 e. The van der Waals surface area contributed by atoms with Crippen molar-refractivity contribution < 1.29 is 4.42 Å². The zero-order chi connectivity index (χ0) is 10.3. The maximum atomic E-state index is 5.45. The summed E-state index contributed by atoms with van der Waals surface area (Å²) in [6.07, 6.45) is 5.31. The third-order valence-electron chi connectivity index (χ3n) is 2.91. The van der Waals surface area contributed by atoms with Gasteiger partial charge in [-0.15, -0.1) is 0 Å². The van der Waals surface area contributed by atoms with E-state index in [1.54, 1.807) is 6.20 Å². The van der Waals surface area contributed by atoms with Gasteiger partial charge in [0.1, 0.15) is 0 Å². The number of nitrogens with zero attached hydrogens (tertiary/aromatic N) is 1. The molecule has 3 nitrogen and oxygen atoms in total. The van der Waals surface area contributed by atoms with Gasteiger partial charge in [-0.05, 0) is 36.5 Å². The van der Waals surface area contributed by atoms with Crippen LogP contribution >= 0.6 is 0 Å². The summed E-state index contributed by atoms with van der Waals surface area (Å²) < 4.78 is 5.30. The number of anilines is 1. The van der Waals surface area contributed by atoms with Crippen LogP contribution in [0, 0.1) is 0 Å². The third-order valence-corrected chi connectivity index (χ3v) is 2.91. The Morgan fingerprint density at radius 2 is 2.07 bits per heavy atom. The van der Waals surface area contributed by atoms with E-state index in [4.69, 9.17) is 10.2 Å². The average Bonchev–Trinajstić information content (AvgIpc) is 2.84. The molecule has 0 fully saturated rings. The van der Waals surface area contributed by atoms with Gasteiger partial charge in [0, 0.05) is 5.56 Å². The molecule has 76 valence electrons. The Bertz CT molecular complexity index is 502. The first-order valence-electron chi connectivity index (χ1n) is 5.16. The molecule has 3 heteroatoms. The highest BCUT2D eigenvalue weighted by molar-refractivity contribution is 5.60. The Hall–Kier alpha value is -1.77. The molecule has 1 aliphatic rings. The summed E-state index contributed by atoms with van der Waals surface area (Å²) in [6.45, 7) is 0. The van der Waals surface area contributed by atoms with Crippen LogP contribution in [0.4, 0.5) is 6.01 Å². The van der Waals surface area contributed by atoms with Crippen LogP contribution in [0.3, 0.4) is 0 Å². The number of aromatic nitrogens is 1. The van der Waals surface area contributed by atoms with E-state index in [0.717, 1.165) is 11.3 Å². The molecule has 15 heavy (non-hydrogen) atoms. The minimum absolute atomic E-state index is 0.227. The summed E-state index contributed by atoms with van der Waals surface area (Å²) in [6, 6.07) is 6.66. The largest absolute Gasteiger partial charge is 0.424 e. The van der Waals surface area contributed by atoms with E-state index in [-0.39, 0.29) is 6.01 Å². The van der Waals surface area contributed by atoms with E-state index in [2.05, 4.69) is 23.2 Å². The fourth-order valence-electron chi connectivity index (χ4n) is 2.15. The molecule has 0 saturated heterocycles. The summed E-state index contributed by atoms with van der Waals surface area (Å²) >= 11 is 0. The Labute approximate surface area is 87.9 Å². The highest BCUT2D eigenvalue weighted by Gasteiger charge is 2.12. The Balaban J connectivity index is 2.06. The van der Waals surface area contributed by atoms with E-state index in [1.165, 1.54) is 30.4 Å². The quantitative estimate of drug-likeness (QED) is 0.769. The van der Waals surface area contributed by atoms with Gasteiger partial charge in [-0.25, -0.2) is 4.98 Å². The van der Waals surface area contributed by atoms with Gasteiger partial charge in [0.15, 0.2) is 5.76 Å². The van der Waals surface area contributed by atoms with Gasteiger partial charge in [0.2, 0.25) is 0 Å². The van der Waals surface area contributed by atoms with Crippen molar-refractivity contribution in [2.75, 3.05) is 5.73 Å². The number of rotatable bonds is 1. The fraction of sp³-hybridized carbons (Fsp3) is 0.250. The normalized spacial score (nSPS) is 14.1. The smallest absolute Gasteiger partial charge is 0.292 e. The van der Waals surface area contributed by atoms with Crippen molar-refractivity contribution in [3.63, 3.8) is 0 Å². The van der Waals surface area contributed by atoms with Gasteiger partial charge < -0.3 is 10.2 Å². The molecule has 0 atom stereocenters. The summed E-state index contributed by atoms with van der Waals surface area (Å²) in [7, 11) is 0. The van der Waals surface area contributed by atoms with Crippen LogP contribution in [0.2, 0.25) is 0 Å². The van der Waals surface area contributed by atoms with Crippen molar-refractivity contribution in [3.05, 3.63) is 35.5 Å². The molecule has 3 rings (SSSR count). The number of oxazole rings is 1. The number of aryl methyl sites for hydroxylation is 2. The third kappa shape index (κ3) is 1.40. The van der Waals surface area contributed by atoms with E-state index >= 15 is 0 Å². The van der Waals surface area contributed by atoms with Crippen LogP contribution in [0.15, 0.2) is 28.8 Å². The molecule has 0 spiro atoms. The molecule has 2 aromatic rings. The number of nitrogens with two attached hydrogens (primary N) is 1. The second-order valence-corrected chi connectivity index (χ2v) is 3.90. The minimum Gasteiger partial charge on any atom is -0.424 e. The Morgan fingerprint density at radius 3 is 2.87 bits per heavy atom. The average molecular weight is 200 g/mol. The van der Waals surface area contributed by atoms with Crippen molar-refractivity contribution in [1.29, 1.82) is 0 Å². The lowest BCUT2D eigenvalue weighted by atomic mass is 10.1. The molecule has 0 saturated carbocycles. The zero-order valence-corrected chi connectivity index (χ0v) is 8.36. The van der Waals surface area contributed by atoms with Crippen molar-refractivity contribution in [2.24, 2.45) is 0 Å². The van der Waals surface area contributed by atoms with Crippen LogP contribution in [-0.2, 0) is 12.8 Å². The molecule has 1 aromatic heterocycles. The fourth-order valence-corrected chi connectivity index (χ4v) is 2.15. The highest BCUT2D eigenvalue weighted by Crippen LogP contribution is 2.28. The van der Waals surface area contributed by atoms with Crippen molar-refractivity contribution in [1.82, 2.24) is 4.98 Å². The van der Waals surface area contributed by atoms with Crippen LogP contribution in [0.5, 0.6) is 0 Å². The standard InChI is InChI=1S/C12H12N2O/c13-12-14-7-11(15-12)10-5-4-8-2-1-3-9(8)6-10/h4-7H,1-3H2,(H2,13,14). The first-order valence-corrected chi connectivity index (χ1v) is 5.16.